The molecule has 2 aliphatic rings. The van der Waals surface area contributed by atoms with Gasteiger partial charge in [-0.1, -0.05) is 60.6 Å². The Morgan fingerprint density at radius 3 is 2.64 bits per heavy atom. The molecule has 3 rings (SSSR count). The van der Waals surface area contributed by atoms with E-state index in [1.165, 1.54) is 23.6 Å². The Morgan fingerprint density at radius 1 is 1.23 bits per heavy atom. The second kappa shape index (κ2) is 6.15. The molecular formula is C20H28OSi. The van der Waals surface area contributed by atoms with E-state index in [0.29, 0.717) is 17.6 Å². The summed E-state index contributed by atoms with van der Waals surface area (Å²) in [6, 6.07) is 12.0. The van der Waals surface area contributed by atoms with E-state index in [1.54, 1.807) is 0 Å². The Morgan fingerprint density at radius 2 is 1.95 bits per heavy atom. The van der Waals surface area contributed by atoms with Crippen molar-refractivity contribution >= 4 is 19.0 Å². The summed E-state index contributed by atoms with van der Waals surface area (Å²) in [6.07, 6.45) is 5.77. The average Bonchev–Trinajstić information content (AvgIpc) is 3.04. The standard InChI is InChI=1S/C20H28OSi/c1-15(14-22(2,3)18-9-5-4-6-10-18)12-17-13-16-8-7-11-19(16)20(17)21/h4-6,9-10,16-17,19H,1,7-8,11-14H2,2-3H3/t16-,17-,19-/m0/s1. The number of allylic oxidation sites excluding steroid dienone is 1. The first kappa shape index (κ1) is 15.7. The van der Waals surface area contributed by atoms with Crippen LogP contribution >= 0.6 is 0 Å². The molecule has 2 heteroatoms. The van der Waals surface area contributed by atoms with Crippen LogP contribution in [0.5, 0.6) is 0 Å². The quantitative estimate of drug-likeness (QED) is 0.575. The van der Waals surface area contributed by atoms with Crippen LogP contribution in [0.2, 0.25) is 19.1 Å². The highest BCUT2D eigenvalue weighted by atomic mass is 28.3. The minimum atomic E-state index is -1.48. The highest BCUT2D eigenvalue weighted by Gasteiger charge is 2.44. The number of carbonyl (C=O) groups is 1. The summed E-state index contributed by atoms with van der Waals surface area (Å²) in [6.45, 7) is 9.17. The van der Waals surface area contributed by atoms with Crippen LogP contribution in [-0.2, 0) is 4.79 Å². The SMILES string of the molecule is C=C(C[C@H]1C[C@@H]2CCC[C@@H]2C1=O)C[Si](C)(C)c1ccccc1. The number of fused-ring (bicyclic) bond motifs is 1. The highest BCUT2D eigenvalue weighted by molar-refractivity contribution is 6.90. The van der Waals surface area contributed by atoms with Gasteiger partial charge in [0.2, 0.25) is 0 Å². The molecule has 2 saturated carbocycles. The van der Waals surface area contributed by atoms with E-state index in [4.69, 9.17) is 0 Å². The molecule has 0 unspecified atom stereocenters. The number of carbonyl (C=O) groups excluding carboxylic acids is 1. The minimum absolute atomic E-state index is 0.281. The summed E-state index contributed by atoms with van der Waals surface area (Å²) in [5.74, 6) is 1.94. The van der Waals surface area contributed by atoms with Crippen molar-refractivity contribution < 1.29 is 4.79 Å². The monoisotopic (exact) mass is 312 g/mol. The smallest absolute Gasteiger partial charge is 0.139 e. The molecule has 0 N–H and O–H groups in total. The van der Waals surface area contributed by atoms with Crippen LogP contribution in [-0.4, -0.2) is 13.9 Å². The van der Waals surface area contributed by atoms with Crippen LogP contribution in [0, 0.1) is 17.8 Å². The Labute approximate surface area is 135 Å². The van der Waals surface area contributed by atoms with Crippen molar-refractivity contribution in [1.82, 2.24) is 0 Å². The zero-order chi connectivity index (χ0) is 15.7. The lowest BCUT2D eigenvalue weighted by atomic mass is 9.95. The maximum absolute atomic E-state index is 12.5. The second-order valence-electron chi connectivity index (χ2n) is 8.01. The lowest BCUT2D eigenvalue weighted by Gasteiger charge is -2.25. The van der Waals surface area contributed by atoms with Crippen LogP contribution in [0.4, 0.5) is 0 Å². The number of hydrogen-bond donors (Lipinski definition) is 0. The van der Waals surface area contributed by atoms with Crippen LogP contribution in [0.15, 0.2) is 42.5 Å². The molecule has 2 fully saturated rings. The molecule has 2 aliphatic carbocycles. The molecule has 0 amide bonds. The van der Waals surface area contributed by atoms with Crippen LogP contribution in [0.1, 0.15) is 32.1 Å². The van der Waals surface area contributed by atoms with Gasteiger partial charge in [0.1, 0.15) is 5.78 Å². The molecule has 0 heterocycles. The molecule has 0 bridgehead atoms. The van der Waals surface area contributed by atoms with Gasteiger partial charge in [0.25, 0.3) is 0 Å². The number of Topliss-reactive ketones (excluding diaryl/α,β-unsaturated/α-hetero) is 1. The second-order valence-corrected chi connectivity index (χ2v) is 12.7. The summed E-state index contributed by atoms with van der Waals surface area (Å²) < 4.78 is 0. The fourth-order valence-electron chi connectivity index (χ4n) is 4.70. The first-order chi connectivity index (χ1) is 10.5. The van der Waals surface area contributed by atoms with E-state index in [0.717, 1.165) is 25.3 Å². The van der Waals surface area contributed by atoms with E-state index < -0.39 is 8.07 Å². The van der Waals surface area contributed by atoms with Crippen LogP contribution < -0.4 is 5.19 Å². The molecule has 118 valence electrons. The van der Waals surface area contributed by atoms with Gasteiger partial charge in [0, 0.05) is 11.8 Å². The van der Waals surface area contributed by atoms with Crippen molar-refractivity contribution in [2.24, 2.45) is 17.8 Å². The van der Waals surface area contributed by atoms with Crippen molar-refractivity contribution in [3.63, 3.8) is 0 Å². The summed E-state index contributed by atoms with van der Waals surface area (Å²) >= 11 is 0. The fourth-order valence-corrected chi connectivity index (χ4v) is 7.39. The zero-order valence-corrected chi connectivity index (χ0v) is 15.0. The van der Waals surface area contributed by atoms with E-state index >= 15 is 0 Å². The fraction of sp³-hybridized carbons (Fsp3) is 0.550. The molecule has 3 atom stereocenters. The summed E-state index contributed by atoms with van der Waals surface area (Å²) in [4.78, 5) is 12.5. The lowest BCUT2D eigenvalue weighted by Crippen LogP contribution is -2.41. The lowest BCUT2D eigenvalue weighted by molar-refractivity contribution is -0.124. The highest BCUT2D eigenvalue weighted by Crippen LogP contribution is 2.46. The van der Waals surface area contributed by atoms with Gasteiger partial charge in [0.05, 0.1) is 8.07 Å². The van der Waals surface area contributed by atoms with Gasteiger partial charge in [-0.25, -0.2) is 0 Å². The molecule has 0 aromatic heterocycles. The first-order valence-electron chi connectivity index (χ1n) is 8.73. The van der Waals surface area contributed by atoms with Gasteiger partial charge >= 0.3 is 0 Å². The summed E-state index contributed by atoms with van der Waals surface area (Å²) in [7, 11) is -1.48. The van der Waals surface area contributed by atoms with Crippen LogP contribution in [0.25, 0.3) is 0 Å². The van der Waals surface area contributed by atoms with Gasteiger partial charge in [-0.2, -0.15) is 0 Å². The average molecular weight is 313 g/mol. The number of rotatable bonds is 5. The third kappa shape index (κ3) is 3.12. The Kier molecular flexibility index (Phi) is 4.40. The van der Waals surface area contributed by atoms with Gasteiger partial charge < -0.3 is 0 Å². The van der Waals surface area contributed by atoms with E-state index in [2.05, 4.69) is 50.0 Å². The third-order valence-corrected chi connectivity index (χ3v) is 9.08. The van der Waals surface area contributed by atoms with Gasteiger partial charge in [-0.3, -0.25) is 4.79 Å². The Bertz CT molecular complexity index is 560. The van der Waals surface area contributed by atoms with E-state index in [1.807, 2.05) is 0 Å². The van der Waals surface area contributed by atoms with Crippen molar-refractivity contribution in [2.45, 2.75) is 51.2 Å². The number of ketones is 1. The van der Waals surface area contributed by atoms with Crippen molar-refractivity contribution in [1.29, 1.82) is 0 Å². The topological polar surface area (TPSA) is 17.1 Å². The van der Waals surface area contributed by atoms with E-state index in [9.17, 15) is 4.79 Å². The molecular weight excluding hydrogens is 284 g/mol. The third-order valence-electron chi connectivity index (χ3n) is 5.80. The predicted molar refractivity (Wildman–Crippen MR) is 96.1 cm³/mol. The Hall–Kier alpha value is -1.15. The molecule has 22 heavy (non-hydrogen) atoms. The largest absolute Gasteiger partial charge is 0.299 e. The Balaban J connectivity index is 1.60. The van der Waals surface area contributed by atoms with Crippen molar-refractivity contribution in [3.05, 3.63) is 42.5 Å². The maximum atomic E-state index is 12.5. The molecule has 1 nitrogen and oxygen atoms in total. The number of benzene rings is 1. The summed E-state index contributed by atoms with van der Waals surface area (Å²) in [5.41, 5.74) is 1.30. The van der Waals surface area contributed by atoms with Gasteiger partial charge in [-0.15, -0.1) is 6.58 Å². The van der Waals surface area contributed by atoms with Gasteiger partial charge in [-0.05, 0) is 37.6 Å². The molecule has 0 spiro atoms. The van der Waals surface area contributed by atoms with E-state index in [-0.39, 0.29) is 5.92 Å². The van der Waals surface area contributed by atoms with Crippen LogP contribution in [0.3, 0.4) is 0 Å². The normalized spacial score (nSPS) is 27.9. The predicted octanol–water partition coefficient (Wildman–Crippen LogP) is 4.55. The van der Waals surface area contributed by atoms with Crippen molar-refractivity contribution in [2.75, 3.05) is 0 Å². The molecule has 1 aromatic rings. The summed E-state index contributed by atoms with van der Waals surface area (Å²) in [5, 5.41) is 1.49. The zero-order valence-electron chi connectivity index (χ0n) is 14.0. The first-order valence-corrected chi connectivity index (χ1v) is 11.9. The van der Waals surface area contributed by atoms with Gasteiger partial charge in [0.15, 0.2) is 0 Å². The van der Waals surface area contributed by atoms with Crippen molar-refractivity contribution in [3.8, 4) is 0 Å². The molecule has 1 aromatic carbocycles. The molecule has 0 saturated heterocycles. The number of hydrogen-bond acceptors (Lipinski definition) is 1. The minimum Gasteiger partial charge on any atom is -0.299 e. The maximum Gasteiger partial charge on any atom is 0.139 e. The molecule has 0 radical (unpaired) electrons. The molecule has 0 aliphatic heterocycles.